The molecule has 0 aromatic heterocycles. The average molecular weight is 305 g/mol. The maximum atomic E-state index is 12.0. The first-order valence-electron chi connectivity index (χ1n) is 7.86. The van der Waals surface area contributed by atoms with Crippen LogP contribution in [0.5, 0.6) is 0 Å². The summed E-state index contributed by atoms with van der Waals surface area (Å²) in [5.41, 5.74) is 5.84. The number of carbonyl (C=O) groups excluding carboxylic acids is 1. The largest absolute Gasteiger partial charge is 0.381 e. The Morgan fingerprint density at radius 3 is 2.60 bits per heavy atom. The molecular formula is C15H29ClN2O2. The molecule has 1 aliphatic carbocycles. The van der Waals surface area contributed by atoms with E-state index < -0.39 is 0 Å². The molecule has 0 spiro atoms. The maximum Gasteiger partial charge on any atom is 0.220 e. The summed E-state index contributed by atoms with van der Waals surface area (Å²) in [4.78, 5) is 12.0. The van der Waals surface area contributed by atoms with Gasteiger partial charge >= 0.3 is 0 Å². The highest BCUT2D eigenvalue weighted by atomic mass is 35.5. The van der Waals surface area contributed by atoms with Gasteiger partial charge in [-0.25, -0.2) is 0 Å². The highest BCUT2D eigenvalue weighted by Gasteiger charge is 2.24. The van der Waals surface area contributed by atoms with Crippen LogP contribution in [0.25, 0.3) is 0 Å². The molecule has 1 aliphatic heterocycles. The fraction of sp³-hybridized carbons (Fsp3) is 0.933. The molecule has 0 bridgehead atoms. The number of ether oxygens (including phenoxy) is 1. The minimum absolute atomic E-state index is 0. The molecule has 3 N–H and O–H groups in total. The molecule has 1 amide bonds. The van der Waals surface area contributed by atoms with Crippen LogP contribution in [-0.4, -0.2) is 31.7 Å². The highest BCUT2D eigenvalue weighted by Crippen LogP contribution is 2.26. The van der Waals surface area contributed by atoms with Gasteiger partial charge in [0.25, 0.3) is 0 Å². The number of hydrogen-bond acceptors (Lipinski definition) is 3. The summed E-state index contributed by atoms with van der Waals surface area (Å²) in [5.74, 6) is 1.35. The first kappa shape index (κ1) is 17.7. The monoisotopic (exact) mass is 304 g/mol. The van der Waals surface area contributed by atoms with E-state index in [0.29, 0.717) is 24.8 Å². The van der Waals surface area contributed by atoms with Crippen molar-refractivity contribution in [3.05, 3.63) is 0 Å². The van der Waals surface area contributed by atoms with Crippen LogP contribution in [-0.2, 0) is 9.53 Å². The van der Waals surface area contributed by atoms with Crippen molar-refractivity contribution in [1.82, 2.24) is 5.32 Å². The third-order valence-electron chi connectivity index (χ3n) is 4.62. The van der Waals surface area contributed by atoms with Crippen LogP contribution >= 0.6 is 12.4 Å². The predicted molar refractivity (Wildman–Crippen MR) is 83.0 cm³/mol. The molecule has 1 saturated heterocycles. The zero-order chi connectivity index (χ0) is 13.5. The van der Waals surface area contributed by atoms with E-state index >= 15 is 0 Å². The molecule has 2 rings (SSSR count). The second-order valence-corrected chi connectivity index (χ2v) is 6.08. The second kappa shape index (κ2) is 9.59. The summed E-state index contributed by atoms with van der Waals surface area (Å²) < 4.78 is 5.34. The third-order valence-corrected chi connectivity index (χ3v) is 4.62. The second-order valence-electron chi connectivity index (χ2n) is 6.08. The van der Waals surface area contributed by atoms with Gasteiger partial charge in [-0.15, -0.1) is 12.4 Å². The smallest absolute Gasteiger partial charge is 0.220 e. The normalized spacial score (nSPS) is 24.9. The number of halogens is 1. The lowest BCUT2D eigenvalue weighted by atomic mass is 9.84. The highest BCUT2D eigenvalue weighted by molar-refractivity contribution is 5.85. The third kappa shape index (κ3) is 5.58. The fourth-order valence-corrected chi connectivity index (χ4v) is 3.33. The lowest BCUT2D eigenvalue weighted by Gasteiger charge is -2.30. The Morgan fingerprint density at radius 1 is 1.25 bits per heavy atom. The minimum Gasteiger partial charge on any atom is -0.381 e. The molecule has 118 valence electrons. The van der Waals surface area contributed by atoms with Crippen LogP contribution in [0.15, 0.2) is 0 Å². The molecular weight excluding hydrogens is 276 g/mol. The van der Waals surface area contributed by atoms with E-state index in [2.05, 4.69) is 5.32 Å². The van der Waals surface area contributed by atoms with Crippen LogP contribution in [0.3, 0.4) is 0 Å². The van der Waals surface area contributed by atoms with Crippen molar-refractivity contribution in [1.29, 1.82) is 0 Å². The van der Waals surface area contributed by atoms with Crippen molar-refractivity contribution in [3.63, 3.8) is 0 Å². The molecule has 2 unspecified atom stereocenters. The van der Waals surface area contributed by atoms with Crippen LogP contribution in [0.4, 0.5) is 0 Å². The van der Waals surface area contributed by atoms with Crippen molar-refractivity contribution < 1.29 is 9.53 Å². The zero-order valence-corrected chi connectivity index (χ0v) is 13.1. The first-order chi connectivity index (χ1) is 9.29. The van der Waals surface area contributed by atoms with Crippen LogP contribution in [0.2, 0.25) is 0 Å². The van der Waals surface area contributed by atoms with Crippen molar-refractivity contribution in [2.24, 2.45) is 17.6 Å². The summed E-state index contributed by atoms with van der Waals surface area (Å²) in [6, 6.07) is 0.188. The summed E-state index contributed by atoms with van der Waals surface area (Å²) in [5, 5.41) is 3.16. The molecule has 2 atom stereocenters. The molecule has 5 heteroatoms. The van der Waals surface area contributed by atoms with Gasteiger partial charge in [0, 0.05) is 32.2 Å². The van der Waals surface area contributed by atoms with E-state index in [-0.39, 0.29) is 24.4 Å². The van der Waals surface area contributed by atoms with Crippen molar-refractivity contribution in [3.8, 4) is 0 Å². The molecule has 20 heavy (non-hydrogen) atoms. The Morgan fingerprint density at radius 2 is 2.00 bits per heavy atom. The zero-order valence-electron chi connectivity index (χ0n) is 12.3. The van der Waals surface area contributed by atoms with Gasteiger partial charge in [-0.05, 0) is 37.5 Å². The summed E-state index contributed by atoms with van der Waals surface area (Å²) in [7, 11) is 0. The number of amides is 1. The van der Waals surface area contributed by atoms with Crippen molar-refractivity contribution in [2.45, 2.75) is 57.4 Å². The van der Waals surface area contributed by atoms with E-state index in [1.54, 1.807) is 0 Å². The number of carbonyl (C=O) groups is 1. The van der Waals surface area contributed by atoms with Gasteiger partial charge < -0.3 is 15.8 Å². The Bertz CT molecular complexity index is 277. The number of nitrogens with one attached hydrogen (secondary N) is 1. The molecule has 4 nitrogen and oxygen atoms in total. The van der Waals surface area contributed by atoms with E-state index in [1.165, 1.54) is 32.1 Å². The SMILES string of the molecule is Cl.NCC(NC(=O)CCC1CCOC1)C1CCCCC1. The number of nitrogens with two attached hydrogens (primary N) is 1. The van der Waals surface area contributed by atoms with Crippen LogP contribution < -0.4 is 11.1 Å². The Hall–Kier alpha value is -0.320. The number of hydrogen-bond donors (Lipinski definition) is 2. The predicted octanol–water partition coefficient (Wildman–Crippen LogP) is 2.25. The van der Waals surface area contributed by atoms with Crippen LogP contribution in [0.1, 0.15) is 51.4 Å². The van der Waals surface area contributed by atoms with E-state index in [9.17, 15) is 4.79 Å². The van der Waals surface area contributed by atoms with Crippen LogP contribution in [0, 0.1) is 11.8 Å². The summed E-state index contributed by atoms with van der Waals surface area (Å²) in [6.07, 6.45) is 9.04. The standard InChI is InChI=1S/C15H28N2O2.ClH/c16-10-14(13-4-2-1-3-5-13)17-15(18)7-6-12-8-9-19-11-12;/h12-14H,1-11,16H2,(H,17,18);1H. The molecule has 0 radical (unpaired) electrons. The molecule has 0 aromatic carbocycles. The Kier molecular flexibility index (Phi) is 8.50. The quantitative estimate of drug-likeness (QED) is 0.791. The van der Waals surface area contributed by atoms with Crippen molar-refractivity contribution >= 4 is 18.3 Å². The molecule has 2 fully saturated rings. The topological polar surface area (TPSA) is 64.3 Å². The van der Waals surface area contributed by atoms with Gasteiger partial charge in [-0.2, -0.15) is 0 Å². The minimum atomic E-state index is 0. The van der Waals surface area contributed by atoms with Crippen molar-refractivity contribution in [2.75, 3.05) is 19.8 Å². The summed E-state index contributed by atoms with van der Waals surface area (Å²) in [6.45, 7) is 2.26. The van der Waals surface area contributed by atoms with Gasteiger partial charge in [0.15, 0.2) is 0 Å². The molecule has 2 aliphatic rings. The van der Waals surface area contributed by atoms with E-state index in [0.717, 1.165) is 26.1 Å². The molecule has 1 heterocycles. The van der Waals surface area contributed by atoms with E-state index in [1.807, 2.05) is 0 Å². The average Bonchev–Trinajstić information content (AvgIpc) is 2.97. The molecule has 1 saturated carbocycles. The summed E-state index contributed by atoms with van der Waals surface area (Å²) >= 11 is 0. The maximum absolute atomic E-state index is 12.0. The fourth-order valence-electron chi connectivity index (χ4n) is 3.33. The Balaban J connectivity index is 0.00000200. The Labute approximate surface area is 128 Å². The van der Waals surface area contributed by atoms with Gasteiger partial charge in [-0.1, -0.05) is 19.3 Å². The van der Waals surface area contributed by atoms with Gasteiger partial charge in [-0.3, -0.25) is 4.79 Å². The van der Waals surface area contributed by atoms with Gasteiger partial charge in [0.05, 0.1) is 0 Å². The molecule has 0 aromatic rings. The van der Waals surface area contributed by atoms with Gasteiger partial charge in [0.1, 0.15) is 0 Å². The van der Waals surface area contributed by atoms with E-state index in [4.69, 9.17) is 10.5 Å². The lowest BCUT2D eigenvalue weighted by molar-refractivity contribution is -0.122. The van der Waals surface area contributed by atoms with Gasteiger partial charge in [0.2, 0.25) is 5.91 Å². The number of rotatable bonds is 6. The first-order valence-corrected chi connectivity index (χ1v) is 7.86. The lowest BCUT2D eigenvalue weighted by Crippen LogP contribution is -2.45.